The first-order valence-electron chi connectivity index (χ1n) is 4.25. The molecule has 1 atom stereocenters. The van der Waals surface area contributed by atoms with Crippen LogP contribution in [0.4, 0.5) is 4.79 Å². The van der Waals surface area contributed by atoms with Crippen LogP contribution in [-0.4, -0.2) is 44.9 Å². The highest BCUT2D eigenvalue weighted by molar-refractivity contribution is 7.87. The van der Waals surface area contributed by atoms with Crippen molar-refractivity contribution in [2.24, 2.45) is 0 Å². The number of nitrogens with one attached hydrogen (secondary N) is 1. The number of amides is 1. The summed E-state index contributed by atoms with van der Waals surface area (Å²) < 4.78 is 29.7. The van der Waals surface area contributed by atoms with Crippen LogP contribution in [0.3, 0.4) is 0 Å². The van der Waals surface area contributed by atoms with E-state index >= 15 is 0 Å². The maximum absolute atomic E-state index is 11.4. The van der Waals surface area contributed by atoms with Crippen molar-refractivity contribution in [1.29, 1.82) is 0 Å². The molecule has 0 aromatic heterocycles. The van der Waals surface area contributed by atoms with Gasteiger partial charge in [-0.2, -0.15) is 12.7 Å². The van der Waals surface area contributed by atoms with Gasteiger partial charge in [0.2, 0.25) is 0 Å². The molecule has 0 aliphatic rings. The Kier molecular flexibility index (Phi) is 5.92. The van der Waals surface area contributed by atoms with Crippen LogP contribution in [0.2, 0.25) is 0 Å². The molecule has 0 aromatic rings. The van der Waals surface area contributed by atoms with Crippen molar-refractivity contribution < 1.29 is 17.9 Å². The van der Waals surface area contributed by atoms with Gasteiger partial charge in [0.05, 0.1) is 7.11 Å². The predicted molar refractivity (Wildman–Crippen MR) is 57.0 cm³/mol. The maximum atomic E-state index is 11.4. The number of carbonyl (C=O) groups excluding carboxylic acids is 1. The summed E-state index contributed by atoms with van der Waals surface area (Å²) in [7, 11) is -1.38. The lowest BCUT2D eigenvalue weighted by atomic mass is 10.3. The highest BCUT2D eigenvalue weighted by Gasteiger charge is 2.20. The molecule has 90 valence electrons. The molecular weight excluding hydrogens is 244 g/mol. The van der Waals surface area contributed by atoms with E-state index in [0.29, 0.717) is 6.42 Å². The molecule has 0 saturated carbocycles. The molecule has 0 spiro atoms. The largest absolute Gasteiger partial charge is 0.452 e. The smallest absolute Gasteiger partial charge is 0.421 e. The summed E-state index contributed by atoms with van der Waals surface area (Å²) in [6, 6.07) is 0. The van der Waals surface area contributed by atoms with Crippen molar-refractivity contribution in [3.63, 3.8) is 0 Å². The Labute approximate surface area is 94.7 Å². The lowest BCUT2D eigenvalue weighted by Crippen LogP contribution is -2.42. The van der Waals surface area contributed by atoms with Gasteiger partial charge in [-0.05, 0) is 13.3 Å². The predicted octanol–water partition coefficient (Wildman–Crippen LogP) is 0.536. The third-order valence-corrected chi connectivity index (χ3v) is 3.30. The number of halogens is 1. The summed E-state index contributed by atoms with van der Waals surface area (Å²) in [5, 5.41) is -0.124. The topological polar surface area (TPSA) is 75.7 Å². The number of carbonyl (C=O) groups is 1. The zero-order chi connectivity index (χ0) is 12.1. The third kappa shape index (κ3) is 5.81. The van der Waals surface area contributed by atoms with E-state index in [4.69, 9.17) is 11.6 Å². The molecule has 8 heteroatoms. The van der Waals surface area contributed by atoms with Crippen molar-refractivity contribution in [1.82, 2.24) is 9.03 Å². The van der Waals surface area contributed by atoms with Crippen molar-refractivity contribution >= 4 is 27.9 Å². The Morgan fingerprint density at radius 2 is 2.13 bits per heavy atom. The molecule has 0 heterocycles. The summed E-state index contributed by atoms with van der Waals surface area (Å²) in [4.78, 5) is 10.7. The van der Waals surface area contributed by atoms with Gasteiger partial charge in [0.1, 0.15) is 0 Å². The molecule has 1 amide bonds. The minimum Gasteiger partial charge on any atom is -0.452 e. The van der Waals surface area contributed by atoms with Gasteiger partial charge in [-0.3, -0.25) is 0 Å². The zero-order valence-corrected chi connectivity index (χ0v) is 10.4. The van der Waals surface area contributed by atoms with E-state index in [0.717, 1.165) is 11.4 Å². The molecule has 6 nitrogen and oxygen atoms in total. The summed E-state index contributed by atoms with van der Waals surface area (Å²) in [5.74, 6) is 0. The highest BCUT2D eigenvalue weighted by Crippen LogP contribution is 2.03. The summed E-state index contributed by atoms with van der Waals surface area (Å²) >= 11 is 5.67. The van der Waals surface area contributed by atoms with E-state index < -0.39 is 16.3 Å². The fourth-order valence-corrected chi connectivity index (χ4v) is 1.60. The summed E-state index contributed by atoms with van der Waals surface area (Å²) in [6.07, 6.45) is -0.513. The van der Waals surface area contributed by atoms with Crippen LogP contribution in [0.15, 0.2) is 0 Å². The van der Waals surface area contributed by atoms with E-state index in [1.807, 2.05) is 0 Å². The molecule has 15 heavy (non-hydrogen) atoms. The Morgan fingerprint density at radius 1 is 1.60 bits per heavy atom. The first-order valence-corrected chi connectivity index (χ1v) is 6.13. The zero-order valence-electron chi connectivity index (χ0n) is 8.86. The van der Waals surface area contributed by atoms with Gasteiger partial charge in [-0.1, -0.05) is 0 Å². The van der Waals surface area contributed by atoms with Crippen molar-refractivity contribution in [2.45, 2.75) is 18.7 Å². The molecule has 1 N–H and O–H groups in total. The van der Waals surface area contributed by atoms with E-state index in [-0.39, 0.29) is 11.9 Å². The van der Waals surface area contributed by atoms with Gasteiger partial charge in [0.25, 0.3) is 0 Å². The van der Waals surface area contributed by atoms with Crippen molar-refractivity contribution in [3.05, 3.63) is 0 Å². The van der Waals surface area contributed by atoms with Gasteiger partial charge in [-0.15, -0.1) is 11.6 Å². The average molecular weight is 259 g/mol. The molecule has 0 aromatic carbocycles. The fourth-order valence-electron chi connectivity index (χ4n) is 0.705. The Morgan fingerprint density at radius 3 is 2.53 bits per heavy atom. The summed E-state index contributed by atoms with van der Waals surface area (Å²) in [5.41, 5.74) is 0. The second-order valence-electron chi connectivity index (χ2n) is 2.99. The van der Waals surface area contributed by atoms with Crippen molar-refractivity contribution in [2.75, 3.05) is 20.7 Å². The Hall–Kier alpha value is -0.530. The van der Waals surface area contributed by atoms with Gasteiger partial charge < -0.3 is 4.74 Å². The molecule has 0 rings (SSSR count). The van der Waals surface area contributed by atoms with Gasteiger partial charge in [0, 0.05) is 19.0 Å². The fraction of sp³-hybridized carbons (Fsp3) is 0.857. The molecule has 0 bridgehead atoms. The Balaban J connectivity index is 4.27. The number of alkyl halides is 1. The maximum Gasteiger partial charge on any atom is 0.421 e. The average Bonchev–Trinajstić information content (AvgIpc) is 2.13. The number of hydrogen-bond donors (Lipinski definition) is 1. The van der Waals surface area contributed by atoms with Crippen molar-refractivity contribution in [3.8, 4) is 0 Å². The molecule has 0 saturated heterocycles. The van der Waals surface area contributed by atoms with E-state index in [1.165, 1.54) is 7.05 Å². The number of nitrogens with zero attached hydrogens (tertiary/aromatic N) is 1. The molecule has 1 unspecified atom stereocenters. The van der Waals surface area contributed by atoms with Gasteiger partial charge in [-0.25, -0.2) is 9.52 Å². The first kappa shape index (κ1) is 14.5. The number of hydrogen-bond acceptors (Lipinski definition) is 4. The van der Waals surface area contributed by atoms with Gasteiger partial charge in [0.15, 0.2) is 0 Å². The Bertz CT molecular complexity index is 304. The van der Waals surface area contributed by atoms with Gasteiger partial charge >= 0.3 is 16.3 Å². The number of ether oxygens (including phenoxy) is 1. The molecule has 0 aliphatic carbocycles. The lowest BCUT2D eigenvalue weighted by molar-refractivity contribution is 0.177. The molecular formula is C7H15ClN2O4S. The van der Waals surface area contributed by atoms with E-state index in [9.17, 15) is 13.2 Å². The molecule has 0 aliphatic heterocycles. The standard InChI is InChI=1S/C7H15ClN2O4S/c1-6(8)4-5-10(2)15(12,13)9-7(11)14-3/h6H,4-5H2,1-3H3,(H,9,11). The number of rotatable bonds is 5. The summed E-state index contributed by atoms with van der Waals surface area (Å²) in [6.45, 7) is 1.99. The second kappa shape index (κ2) is 6.14. The first-order chi connectivity index (χ1) is 6.79. The molecule has 0 radical (unpaired) electrons. The lowest BCUT2D eigenvalue weighted by Gasteiger charge is -2.17. The SMILES string of the molecule is COC(=O)NS(=O)(=O)N(C)CCC(C)Cl. The van der Waals surface area contributed by atoms with Crippen LogP contribution in [0.1, 0.15) is 13.3 Å². The minimum atomic E-state index is -3.82. The van der Waals surface area contributed by atoms with Crippen LogP contribution < -0.4 is 4.72 Å². The second-order valence-corrected chi connectivity index (χ2v) is 5.51. The minimum absolute atomic E-state index is 0.124. The van der Waals surface area contributed by atoms with E-state index in [1.54, 1.807) is 11.6 Å². The van der Waals surface area contributed by atoms with Crippen LogP contribution >= 0.6 is 11.6 Å². The van der Waals surface area contributed by atoms with Crippen LogP contribution in [-0.2, 0) is 14.9 Å². The monoisotopic (exact) mass is 258 g/mol. The highest BCUT2D eigenvalue weighted by atomic mass is 35.5. The number of methoxy groups -OCH3 is 1. The molecule has 0 fully saturated rings. The third-order valence-electron chi connectivity index (χ3n) is 1.65. The normalized spacial score (nSPS) is 13.7. The quantitative estimate of drug-likeness (QED) is 0.730. The van der Waals surface area contributed by atoms with Crippen LogP contribution in [0.25, 0.3) is 0 Å². The van der Waals surface area contributed by atoms with E-state index in [2.05, 4.69) is 4.74 Å². The van der Waals surface area contributed by atoms with Crippen LogP contribution in [0, 0.1) is 0 Å². The van der Waals surface area contributed by atoms with Crippen LogP contribution in [0.5, 0.6) is 0 Å².